The molecule has 0 aliphatic carbocycles. The van der Waals surface area contributed by atoms with E-state index in [0.717, 1.165) is 16.1 Å². The summed E-state index contributed by atoms with van der Waals surface area (Å²) >= 11 is 3.48. The SMILES string of the molecule is CN(C)C(=Nc1ccccc1Br)N(C)C. The highest BCUT2D eigenvalue weighted by molar-refractivity contribution is 9.10. The number of para-hydroxylation sites is 1. The van der Waals surface area contributed by atoms with Crippen molar-refractivity contribution in [3.8, 4) is 0 Å². The Morgan fingerprint density at radius 3 is 2.07 bits per heavy atom. The molecule has 15 heavy (non-hydrogen) atoms. The summed E-state index contributed by atoms with van der Waals surface area (Å²) in [4.78, 5) is 8.55. The lowest BCUT2D eigenvalue weighted by Gasteiger charge is -2.22. The van der Waals surface area contributed by atoms with Gasteiger partial charge in [0.1, 0.15) is 0 Å². The standard InChI is InChI=1S/C11H16BrN3/c1-14(2)11(15(3)4)13-10-8-6-5-7-9(10)12/h5-8H,1-4H3. The minimum Gasteiger partial charge on any atom is -0.349 e. The molecule has 3 nitrogen and oxygen atoms in total. The first-order valence-corrected chi connectivity index (χ1v) is 5.49. The van der Waals surface area contributed by atoms with Crippen molar-refractivity contribution >= 4 is 27.6 Å². The van der Waals surface area contributed by atoms with Crippen LogP contribution in [0.15, 0.2) is 33.7 Å². The molecule has 0 N–H and O–H groups in total. The van der Waals surface area contributed by atoms with E-state index in [9.17, 15) is 0 Å². The van der Waals surface area contributed by atoms with E-state index in [2.05, 4.69) is 20.9 Å². The fraction of sp³-hybridized carbons (Fsp3) is 0.364. The first-order chi connectivity index (χ1) is 7.02. The summed E-state index contributed by atoms with van der Waals surface area (Å²) in [7, 11) is 7.93. The summed E-state index contributed by atoms with van der Waals surface area (Å²) in [6.07, 6.45) is 0. The van der Waals surface area contributed by atoms with Crippen molar-refractivity contribution in [3.05, 3.63) is 28.7 Å². The predicted molar refractivity (Wildman–Crippen MR) is 68.6 cm³/mol. The first-order valence-electron chi connectivity index (χ1n) is 4.70. The fourth-order valence-corrected chi connectivity index (χ4v) is 1.62. The summed E-state index contributed by atoms with van der Waals surface area (Å²) in [5, 5.41) is 0. The maximum Gasteiger partial charge on any atom is 0.200 e. The molecule has 0 fully saturated rings. The van der Waals surface area contributed by atoms with Crippen LogP contribution in [0, 0.1) is 0 Å². The van der Waals surface area contributed by atoms with Crippen LogP contribution in [0.25, 0.3) is 0 Å². The van der Waals surface area contributed by atoms with Gasteiger partial charge < -0.3 is 9.80 Å². The van der Waals surface area contributed by atoms with Gasteiger partial charge in [-0.2, -0.15) is 0 Å². The molecule has 0 aromatic heterocycles. The van der Waals surface area contributed by atoms with Crippen molar-refractivity contribution in [1.82, 2.24) is 9.80 Å². The van der Waals surface area contributed by atoms with E-state index in [4.69, 9.17) is 0 Å². The van der Waals surface area contributed by atoms with Gasteiger partial charge >= 0.3 is 0 Å². The highest BCUT2D eigenvalue weighted by Gasteiger charge is 2.05. The average Bonchev–Trinajstić information content (AvgIpc) is 2.15. The second kappa shape index (κ2) is 5.16. The molecule has 1 rings (SSSR count). The lowest BCUT2D eigenvalue weighted by molar-refractivity contribution is 0.484. The molecule has 0 spiro atoms. The minimum atomic E-state index is 0.918. The highest BCUT2D eigenvalue weighted by atomic mass is 79.9. The molecule has 82 valence electrons. The van der Waals surface area contributed by atoms with Gasteiger partial charge in [0.2, 0.25) is 5.96 Å². The minimum absolute atomic E-state index is 0.918. The second-order valence-corrected chi connectivity index (χ2v) is 4.51. The molecule has 0 heterocycles. The van der Waals surface area contributed by atoms with Gasteiger partial charge in [-0.25, -0.2) is 4.99 Å². The van der Waals surface area contributed by atoms with Gasteiger partial charge in [-0.15, -0.1) is 0 Å². The number of hydrogen-bond donors (Lipinski definition) is 0. The lowest BCUT2D eigenvalue weighted by Crippen LogP contribution is -2.35. The number of benzene rings is 1. The number of guanidine groups is 1. The molecular weight excluding hydrogens is 254 g/mol. The number of nitrogens with zero attached hydrogens (tertiary/aromatic N) is 3. The molecule has 0 amide bonds. The molecule has 0 aliphatic rings. The van der Waals surface area contributed by atoms with E-state index in [0.29, 0.717) is 0 Å². The summed E-state index contributed by atoms with van der Waals surface area (Å²) in [6, 6.07) is 7.93. The third-order valence-corrected chi connectivity index (χ3v) is 2.54. The summed E-state index contributed by atoms with van der Waals surface area (Å²) in [6.45, 7) is 0. The van der Waals surface area contributed by atoms with Gasteiger partial charge in [-0.05, 0) is 28.1 Å². The maximum atomic E-state index is 4.58. The van der Waals surface area contributed by atoms with Crippen molar-refractivity contribution in [2.24, 2.45) is 4.99 Å². The van der Waals surface area contributed by atoms with E-state index in [1.54, 1.807) is 0 Å². The largest absolute Gasteiger partial charge is 0.349 e. The smallest absolute Gasteiger partial charge is 0.200 e. The normalized spacial score (nSPS) is 9.67. The lowest BCUT2D eigenvalue weighted by atomic mass is 10.3. The van der Waals surface area contributed by atoms with Crippen molar-refractivity contribution in [2.45, 2.75) is 0 Å². The zero-order chi connectivity index (χ0) is 11.4. The van der Waals surface area contributed by atoms with Crippen LogP contribution in [0.2, 0.25) is 0 Å². The van der Waals surface area contributed by atoms with E-state index < -0.39 is 0 Å². The summed E-state index contributed by atoms with van der Waals surface area (Å²) in [5.74, 6) is 0.918. The highest BCUT2D eigenvalue weighted by Crippen LogP contribution is 2.24. The first kappa shape index (κ1) is 12.0. The van der Waals surface area contributed by atoms with Crippen LogP contribution in [0.3, 0.4) is 0 Å². The topological polar surface area (TPSA) is 18.8 Å². The number of aliphatic imine (C=N–C) groups is 1. The Morgan fingerprint density at radius 1 is 1.07 bits per heavy atom. The third-order valence-electron chi connectivity index (χ3n) is 1.87. The summed E-state index contributed by atoms with van der Waals surface area (Å²) in [5.41, 5.74) is 0.940. The van der Waals surface area contributed by atoms with Crippen molar-refractivity contribution in [1.29, 1.82) is 0 Å². The van der Waals surface area contributed by atoms with Crippen molar-refractivity contribution in [3.63, 3.8) is 0 Å². The van der Waals surface area contributed by atoms with E-state index in [1.165, 1.54) is 0 Å². The van der Waals surface area contributed by atoms with Gasteiger partial charge in [0, 0.05) is 32.7 Å². The van der Waals surface area contributed by atoms with Crippen LogP contribution in [0.4, 0.5) is 5.69 Å². The van der Waals surface area contributed by atoms with Crippen molar-refractivity contribution < 1.29 is 0 Å². The Bertz CT molecular complexity index is 349. The Hall–Kier alpha value is -1.03. The van der Waals surface area contributed by atoms with Crippen LogP contribution in [0.1, 0.15) is 0 Å². The van der Waals surface area contributed by atoms with Crippen LogP contribution in [-0.2, 0) is 0 Å². The van der Waals surface area contributed by atoms with Gasteiger partial charge in [0.05, 0.1) is 5.69 Å². The zero-order valence-electron chi connectivity index (χ0n) is 9.53. The van der Waals surface area contributed by atoms with Crippen LogP contribution < -0.4 is 0 Å². The molecule has 4 heteroatoms. The molecule has 1 aromatic carbocycles. The monoisotopic (exact) mass is 269 g/mol. The average molecular weight is 270 g/mol. The molecule has 0 bridgehead atoms. The number of hydrogen-bond acceptors (Lipinski definition) is 1. The quantitative estimate of drug-likeness (QED) is 0.577. The second-order valence-electron chi connectivity index (χ2n) is 3.65. The van der Waals surface area contributed by atoms with E-state index in [1.807, 2.05) is 62.3 Å². The van der Waals surface area contributed by atoms with Crippen LogP contribution in [0.5, 0.6) is 0 Å². The molecule has 0 saturated heterocycles. The van der Waals surface area contributed by atoms with Gasteiger partial charge in [0.15, 0.2) is 0 Å². The molecule has 0 aliphatic heterocycles. The van der Waals surface area contributed by atoms with Crippen LogP contribution in [-0.4, -0.2) is 44.0 Å². The maximum absolute atomic E-state index is 4.58. The Morgan fingerprint density at radius 2 is 1.60 bits per heavy atom. The third kappa shape index (κ3) is 3.23. The summed E-state index contributed by atoms with van der Waals surface area (Å²) < 4.78 is 1.01. The zero-order valence-corrected chi connectivity index (χ0v) is 11.1. The van der Waals surface area contributed by atoms with Gasteiger partial charge in [0.25, 0.3) is 0 Å². The van der Waals surface area contributed by atoms with Crippen LogP contribution >= 0.6 is 15.9 Å². The van der Waals surface area contributed by atoms with E-state index in [-0.39, 0.29) is 0 Å². The van der Waals surface area contributed by atoms with Crippen molar-refractivity contribution in [2.75, 3.05) is 28.2 Å². The molecule has 0 saturated carbocycles. The molecular formula is C11H16BrN3. The Balaban J connectivity index is 3.08. The predicted octanol–water partition coefficient (Wildman–Crippen LogP) is 2.56. The molecule has 1 aromatic rings. The van der Waals surface area contributed by atoms with Gasteiger partial charge in [-0.1, -0.05) is 12.1 Å². The fourth-order valence-electron chi connectivity index (χ4n) is 1.25. The molecule has 0 unspecified atom stereocenters. The number of halogens is 1. The van der Waals surface area contributed by atoms with Gasteiger partial charge in [-0.3, -0.25) is 0 Å². The molecule has 0 radical (unpaired) electrons. The molecule has 0 atom stereocenters. The Kier molecular flexibility index (Phi) is 4.15. The number of rotatable bonds is 1. The van der Waals surface area contributed by atoms with E-state index >= 15 is 0 Å². The Labute approximate surface area is 99.5 Å².